The van der Waals surface area contributed by atoms with E-state index in [2.05, 4.69) is 0 Å². The first-order valence-corrected chi connectivity index (χ1v) is 7.23. The van der Waals surface area contributed by atoms with Crippen molar-refractivity contribution < 1.29 is 22.7 Å². The fourth-order valence-electron chi connectivity index (χ4n) is 2.53. The molecule has 7 heteroatoms. The lowest BCUT2D eigenvalue weighted by molar-refractivity contribution is -0.147. The number of hydrogen-bond acceptors (Lipinski definition) is 2. The van der Waals surface area contributed by atoms with Crippen molar-refractivity contribution in [1.29, 1.82) is 0 Å². The number of halogens is 5. The minimum atomic E-state index is -1.33. The van der Waals surface area contributed by atoms with Crippen LogP contribution in [0.3, 0.4) is 0 Å². The fraction of sp³-hybridized carbons (Fsp3) is 0.400. The van der Waals surface area contributed by atoms with Crippen LogP contribution in [0, 0.1) is 34.7 Å². The van der Waals surface area contributed by atoms with Gasteiger partial charge in [0, 0.05) is 11.6 Å². The molecule has 2 nitrogen and oxygen atoms in total. The molecule has 1 aliphatic carbocycles. The Morgan fingerprint density at radius 3 is 2.55 bits per heavy atom. The van der Waals surface area contributed by atoms with Crippen LogP contribution in [-0.4, -0.2) is 5.97 Å². The molecule has 0 heterocycles. The minimum Gasteiger partial charge on any atom is -0.460 e. The largest absolute Gasteiger partial charge is 0.460 e. The average molecular weight is 353 g/mol. The number of hydrogen-bond donors (Lipinski definition) is 0. The van der Waals surface area contributed by atoms with Crippen LogP contribution in [0.1, 0.15) is 19.4 Å². The van der Waals surface area contributed by atoms with Crippen LogP contribution in [-0.2, 0) is 16.1 Å². The summed E-state index contributed by atoms with van der Waals surface area (Å²) in [5, 5.41) is 0. The molecule has 0 radical (unpaired) electrons. The van der Waals surface area contributed by atoms with Gasteiger partial charge in [0.15, 0.2) is 11.6 Å². The van der Waals surface area contributed by atoms with Crippen LogP contribution < -0.4 is 0 Å². The van der Waals surface area contributed by atoms with E-state index in [1.54, 1.807) is 0 Å². The van der Waals surface area contributed by atoms with Gasteiger partial charge >= 0.3 is 5.97 Å². The molecule has 0 aliphatic heterocycles. The zero-order valence-electron chi connectivity index (χ0n) is 11.8. The number of esters is 1. The predicted molar refractivity (Wildman–Crippen MR) is 76.7 cm³/mol. The average Bonchev–Trinajstić information content (AvgIpc) is 2.92. The second kappa shape index (κ2) is 6.13. The second-order valence-corrected chi connectivity index (χ2v) is 6.76. The second-order valence-electron chi connectivity index (χ2n) is 5.75. The molecule has 0 bridgehead atoms. The van der Waals surface area contributed by atoms with Crippen molar-refractivity contribution >= 4 is 29.2 Å². The predicted octanol–water partition coefficient (Wildman–Crippen LogP) is 4.74. The highest BCUT2D eigenvalue weighted by Crippen LogP contribution is 2.60. The monoisotopic (exact) mass is 352 g/mol. The van der Waals surface area contributed by atoms with E-state index >= 15 is 0 Å². The van der Waals surface area contributed by atoms with Gasteiger partial charge < -0.3 is 4.74 Å². The Labute approximate surface area is 135 Å². The smallest absolute Gasteiger partial charge is 0.310 e. The van der Waals surface area contributed by atoms with E-state index in [1.165, 1.54) is 6.08 Å². The SMILES string of the molecule is CC1(C)C(C=C(Cl)Cl)C1C(=O)OCc1cc(F)cc(F)c1F. The number of ether oxygens (including phenoxy) is 1. The van der Waals surface area contributed by atoms with E-state index in [0.717, 1.165) is 6.07 Å². The molecule has 1 fully saturated rings. The summed E-state index contributed by atoms with van der Waals surface area (Å²) in [5.41, 5.74) is -0.746. The molecule has 2 unspecified atom stereocenters. The Balaban J connectivity index is 2.04. The molecule has 2 atom stereocenters. The van der Waals surface area contributed by atoms with Gasteiger partial charge in [0.25, 0.3) is 0 Å². The van der Waals surface area contributed by atoms with Crippen molar-refractivity contribution in [3.63, 3.8) is 0 Å². The van der Waals surface area contributed by atoms with E-state index in [4.69, 9.17) is 27.9 Å². The molecule has 2 rings (SSSR count). The van der Waals surface area contributed by atoms with Crippen LogP contribution in [0.5, 0.6) is 0 Å². The molecule has 0 amide bonds. The number of carbonyl (C=O) groups is 1. The topological polar surface area (TPSA) is 26.3 Å². The number of benzene rings is 1. The normalized spacial score (nSPS) is 22.1. The van der Waals surface area contributed by atoms with Crippen LogP contribution in [0.4, 0.5) is 13.2 Å². The third-order valence-electron chi connectivity index (χ3n) is 3.91. The first-order chi connectivity index (χ1) is 10.1. The molecule has 1 saturated carbocycles. The van der Waals surface area contributed by atoms with Gasteiger partial charge in [0.1, 0.15) is 16.9 Å². The standard InChI is InChI=1S/C15H13Cl2F3O2/c1-15(2)9(5-11(16)17)12(15)14(21)22-6-7-3-8(18)4-10(19)13(7)20/h3-5,9,12H,6H2,1-2H3. The maximum Gasteiger partial charge on any atom is 0.310 e. The molecule has 1 aliphatic rings. The maximum absolute atomic E-state index is 13.5. The van der Waals surface area contributed by atoms with E-state index in [0.29, 0.717) is 6.07 Å². The van der Waals surface area contributed by atoms with Crippen molar-refractivity contribution in [2.75, 3.05) is 0 Å². The number of rotatable bonds is 4. The Bertz CT molecular complexity index is 640. The van der Waals surface area contributed by atoms with Crippen LogP contribution in [0.15, 0.2) is 22.7 Å². The van der Waals surface area contributed by atoms with Gasteiger partial charge in [-0.2, -0.15) is 0 Å². The van der Waals surface area contributed by atoms with Gasteiger partial charge in [-0.1, -0.05) is 37.0 Å². The van der Waals surface area contributed by atoms with Crippen molar-refractivity contribution in [2.24, 2.45) is 17.3 Å². The van der Waals surface area contributed by atoms with Gasteiger partial charge in [0.2, 0.25) is 0 Å². The Kier molecular flexibility index (Phi) is 4.78. The Morgan fingerprint density at radius 2 is 1.95 bits per heavy atom. The molecule has 0 saturated heterocycles. The lowest BCUT2D eigenvalue weighted by Gasteiger charge is -2.07. The third-order valence-corrected chi connectivity index (χ3v) is 4.16. The van der Waals surface area contributed by atoms with Gasteiger partial charge in [0.05, 0.1) is 5.92 Å². The van der Waals surface area contributed by atoms with Crippen molar-refractivity contribution in [3.8, 4) is 0 Å². The zero-order chi connectivity index (χ0) is 16.7. The first kappa shape index (κ1) is 17.2. The number of carbonyl (C=O) groups excluding carboxylic acids is 1. The lowest BCUT2D eigenvalue weighted by Crippen LogP contribution is -2.12. The van der Waals surface area contributed by atoms with E-state index in [1.807, 2.05) is 13.8 Å². The number of allylic oxidation sites excluding steroid dienone is 1. The molecule has 1 aromatic carbocycles. The molecule has 1 aromatic rings. The van der Waals surface area contributed by atoms with Crippen molar-refractivity contribution in [1.82, 2.24) is 0 Å². The maximum atomic E-state index is 13.5. The van der Waals surface area contributed by atoms with E-state index < -0.39 is 41.4 Å². The van der Waals surface area contributed by atoms with Crippen molar-refractivity contribution in [3.05, 3.63) is 45.7 Å². The molecule has 120 valence electrons. The van der Waals surface area contributed by atoms with Gasteiger partial charge in [-0.15, -0.1) is 0 Å². The van der Waals surface area contributed by atoms with E-state index in [9.17, 15) is 18.0 Å². The summed E-state index contributed by atoms with van der Waals surface area (Å²) >= 11 is 11.2. The zero-order valence-corrected chi connectivity index (χ0v) is 13.3. The van der Waals surface area contributed by atoms with Crippen molar-refractivity contribution in [2.45, 2.75) is 20.5 Å². The highest BCUT2D eigenvalue weighted by molar-refractivity contribution is 6.55. The Morgan fingerprint density at radius 1 is 1.32 bits per heavy atom. The summed E-state index contributed by atoms with van der Waals surface area (Å²) in [6, 6.07) is 1.21. The lowest BCUT2D eigenvalue weighted by atomic mass is 10.1. The molecule has 0 aromatic heterocycles. The summed E-state index contributed by atoms with van der Waals surface area (Å²) in [6.07, 6.45) is 1.54. The highest BCUT2D eigenvalue weighted by Gasteiger charge is 2.61. The summed E-state index contributed by atoms with van der Waals surface area (Å²) in [5.74, 6) is -4.77. The summed E-state index contributed by atoms with van der Waals surface area (Å²) < 4.78 is 44.6. The quantitative estimate of drug-likeness (QED) is 0.577. The van der Waals surface area contributed by atoms with Crippen LogP contribution >= 0.6 is 23.2 Å². The highest BCUT2D eigenvalue weighted by atomic mass is 35.5. The molecular weight excluding hydrogens is 340 g/mol. The van der Waals surface area contributed by atoms with E-state index in [-0.39, 0.29) is 16.0 Å². The summed E-state index contributed by atoms with van der Waals surface area (Å²) in [7, 11) is 0. The molecule has 22 heavy (non-hydrogen) atoms. The minimum absolute atomic E-state index is 0.0478. The Hall–Kier alpha value is -1.20. The molecule has 0 spiro atoms. The molecule has 0 N–H and O–H groups in total. The van der Waals surface area contributed by atoms with Crippen LogP contribution in [0.25, 0.3) is 0 Å². The summed E-state index contributed by atoms with van der Waals surface area (Å²) in [6.45, 7) is 3.12. The molecular formula is C15H13Cl2F3O2. The van der Waals surface area contributed by atoms with Gasteiger partial charge in [-0.3, -0.25) is 4.79 Å². The van der Waals surface area contributed by atoms with Gasteiger partial charge in [-0.05, 0) is 23.5 Å². The summed E-state index contributed by atoms with van der Waals surface area (Å²) in [4.78, 5) is 12.0. The first-order valence-electron chi connectivity index (χ1n) is 6.47. The third kappa shape index (κ3) is 3.41. The fourth-order valence-corrected chi connectivity index (χ4v) is 2.80. The van der Waals surface area contributed by atoms with Gasteiger partial charge in [-0.25, -0.2) is 13.2 Å². The van der Waals surface area contributed by atoms with Crippen LogP contribution in [0.2, 0.25) is 0 Å².